The summed E-state index contributed by atoms with van der Waals surface area (Å²) >= 11 is 0. The molecule has 1 aromatic heterocycles. The fraction of sp³-hybridized carbons (Fsp3) is 0.0417. The SMILES string of the molecule is C1=CC(c2ccccc2)CC=C1N(c1ccccc1)c1ccc(-c2ccc3c(c2)c2ccccc2n3-c2ccccc2)c(-c2ccccc2)c1. The van der Waals surface area contributed by atoms with Crippen LogP contribution < -0.4 is 4.90 Å². The molecule has 0 spiro atoms. The number of hydrogen-bond donors (Lipinski definition) is 0. The molecule has 1 heterocycles. The molecule has 7 aromatic carbocycles. The van der Waals surface area contributed by atoms with Gasteiger partial charge in [-0.15, -0.1) is 0 Å². The first-order chi connectivity index (χ1) is 24.8. The summed E-state index contributed by atoms with van der Waals surface area (Å²) in [6, 6.07) is 65.6. The first-order valence-electron chi connectivity index (χ1n) is 17.4. The molecule has 0 fully saturated rings. The first kappa shape index (κ1) is 29.7. The Morgan fingerprint density at radius 1 is 0.480 bits per heavy atom. The molecular weight excluding hydrogens is 605 g/mol. The van der Waals surface area contributed by atoms with Crippen molar-refractivity contribution < 1.29 is 0 Å². The predicted molar refractivity (Wildman–Crippen MR) is 211 cm³/mol. The van der Waals surface area contributed by atoms with E-state index in [-0.39, 0.29) is 0 Å². The van der Waals surface area contributed by atoms with Gasteiger partial charge in [-0.1, -0.05) is 140 Å². The van der Waals surface area contributed by atoms with Gasteiger partial charge in [-0.3, -0.25) is 0 Å². The zero-order chi connectivity index (χ0) is 33.3. The van der Waals surface area contributed by atoms with Crippen LogP contribution in [-0.2, 0) is 0 Å². The van der Waals surface area contributed by atoms with Crippen molar-refractivity contribution in [2.45, 2.75) is 12.3 Å². The van der Waals surface area contributed by atoms with Crippen LogP contribution in [0.25, 0.3) is 49.7 Å². The van der Waals surface area contributed by atoms with Crippen LogP contribution in [0.5, 0.6) is 0 Å². The second-order valence-electron chi connectivity index (χ2n) is 12.9. The summed E-state index contributed by atoms with van der Waals surface area (Å²) in [5.74, 6) is 0.377. The normalized spacial score (nSPS) is 14.2. The maximum absolute atomic E-state index is 2.39. The molecule has 1 aliphatic carbocycles. The van der Waals surface area contributed by atoms with Gasteiger partial charge >= 0.3 is 0 Å². The monoisotopic (exact) mass is 640 g/mol. The third-order valence-electron chi connectivity index (χ3n) is 9.92. The largest absolute Gasteiger partial charge is 0.311 e. The van der Waals surface area contributed by atoms with Crippen molar-refractivity contribution in [2.24, 2.45) is 0 Å². The van der Waals surface area contributed by atoms with Gasteiger partial charge in [0.1, 0.15) is 0 Å². The van der Waals surface area contributed by atoms with Crippen LogP contribution in [0.3, 0.4) is 0 Å². The molecule has 0 radical (unpaired) electrons. The number of para-hydroxylation sites is 3. The van der Waals surface area contributed by atoms with Crippen molar-refractivity contribution in [1.82, 2.24) is 4.57 Å². The maximum atomic E-state index is 2.39. The third-order valence-corrected chi connectivity index (χ3v) is 9.92. The lowest BCUT2D eigenvalue weighted by molar-refractivity contribution is 0.840. The Labute approximate surface area is 293 Å². The molecule has 1 atom stereocenters. The molecule has 0 bridgehead atoms. The van der Waals surface area contributed by atoms with E-state index in [9.17, 15) is 0 Å². The highest BCUT2D eigenvalue weighted by molar-refractivity contribution is 6.11. The van der Waals surface area contributed by atoms with Crippen LogP contribution >= 0.6 is 0 Å². The number of allylic oxidation sites excluding steroid dienone is 3. The molecule has 0 N–H and O–H groups in total. The topological polar surface area (TPSA) is 8.17 Å². The van der Waals surface area contributed by atoms with Crippen LogP contribution in [0, 0.1) is 0 Å². The van der Waals surface area contributed by atoms with Gasteiger partial charge in [0, 0.05) is 39.4 Å². The average molecular weight is 641 g/mol. The van der Waals surface area contributed by atoms with Crippen LogP contribution in [0.4, 0.5) is 11.4 Å². The minimum absolute atomic E-state index is 0.377. The van der Waals surface area contributed by atoms with Crippen LogP contribution in [0.1, 0.15) is 17.9 Å². The molecule has 0 aliphatic heterocycles. The Balaban J connectivity index is 1.18. The Bertz CT molecular complexity index is 2490. The molecular formula is C48H36N2. The van der Waals surface area contributed by atoms with E-state index in [2.05, 4.69) is 210 Å². The van der Waals surface area contributed by atoms with E-state index in [0.29, 0.717) is 5.92 Å². The molecule has 0 saturated heterocycles. The summed E-state index contributed by atoms with van der Waals surface area (Å²) in [4.78, 5) is 2.39. The highest BCUT2D eigenvalue weighted by Gasteiger charge is 2.20. The fourth-order valence-corrected chi connectivity index (χ4v) is 7.52. The van der Waals surface area contributed by atoms with E-state index < -0.39 is 0 Å². The van der Waals surface area contributed by atoms with E-state index in [1.807, 2.05) is 0 Å². The van der Waals surface area contributed by atoms with E-state index in [1.54, 1.807) is 0 Å². The lowest BCUT2D eigenvalue weighted by atomic mass is 9.90. The molecule has 2 nitrogen and oxygen atoms in total. The van der Waals surface area contributed by atoms with Gasteiger partial charge < -0.3 is 9.47 Å². The van der Waals surface area contributed by atoms with Crippen LogP contribution in [0.15, 0.2) is 206 Å². The number of hydrogen-bond acceptors (Lipinski definition) is 1. The number of rotatable bonds is 7. The highest BCUT2D eigenvalue weighted by Crippen LogP contribution is 2.42. The van der Waals surface area contributed by atoms with Crippen molar-refractivity contribution >= 4 is 33.2 Å². The van der Waals surface area contributed by atoms with Crippen molar-refractivity contribution in [2.75, 3.05) is 4.90 Å². The van der Waals surface area contributed by atoms with E-state index in [1.165, 1.54) is 61.0 Å². The predicted octanol–water partition coefficient (Wildman–Crippen LogP) is 12.9. The number of aromatic nitrogens is 1. The molecule has 238 valence electrons. The second kappa shape index (κ2) is 12.9. The first-order valence-corrected chi connectivity index (χ1v) is 17.4. The summed E-state index contributed by atoms with van der Waals surface area (Å²) in [6.45, 7) is 0. The second-order valence-corrected chi connectivity index (χ2v) is 12.9. The van der Waals surface area contributed by atoms with Gasteiger partial charge in [-0.25, -0.2) is 0 Å². The quantitative estimate of drug-likeness (QED) is 0.168. The lowest BCUT2D eigenvalue weighted by Crippen LogP contribution is -2.17. The zero-order valence-electron chi connectivity index (χ0n) is 27.7. The maximum Gasteiger partial charge on any atom is 0.0541 e. The summed E-state index contributed by atoms with van der Waals surface area (Å²) in [5, 5.41) is 2.51. The summed E-state index contributed by atoms with van der Waals surface area (Å²) in [6.07, 6.45) is 7.99. The summed E-state index contributed by atoms with van der Waals surface area (Å²) in [7, 11) is 0. The van der Waals surface area contributed by atoms with Crippen LogP contribution in [0.2, 0.25) is 0 Å². The molecule has 0 amide bonds. The molecule has 1 aliphatic rings. The van der Waals surface area contributed by atoms with E-state index >= 15 is 0 Å². The number of fused-ring (bicyclic) bond motifs is 3. The third kappa shape index (κ3) is 5.41. The highest BCUT2D eigenvalue weighted by atomic mass is 15.1. The van der Waals surface area contributed by atoms with E-state index in [0.717, 1.165) is 17.8 Å². The minimum atomic E-state index is 0.377. The van der Waals surface area contributed by atoms with Crippen LogP contribution in [-0.4, -0.2) is 4.57 Å². The summed E-state index contributed by atoms with van der Waals surface area (Å²) < 4.78 is 2.38. The Kier molecular flexibility index (Phi) is 7.68. The lowest BCUT2D eigenvalue weighted by Gasteiger charge is -2.30. The zero-order valence-corrected chi connectivity index (χ0v) is 27.7. The summed E-state index contributed by atoms with van der Waals surface area (Å²) in [5.41, 5.74) is 13.2. The van der Waals surface area contributed by atoms with Gasteiger partial charge in [0.15, 0.2) is 0 Å². The van der Waals surface area contributed by atoms with Gasteiger partial charge in [-0.2, -0.15) is 0 Å². The smallest absolute Gasteiger partial charge is 0.0541 e. The average Bonchev–Trinajstić information content (AvgIpc) is 3.53. The number of anilines is 2. The Morgan fingerprint density at radius 2 is 1.14 bits per heavy atom. The van der Waals surface area contributed by atoms with Gasteiger partial charge in [-0.05, 0) is 94.9 Å². The van der Waals surface area contributed by atoms with Gasteiger partial charge in [0.25, 0.3) is 0 Å². The Hall–Kier alpha value is -6.38. The van der Waals surface area contributed by atoms with Crippen molar-refractivity contribution in [3.05, 3.63) is 211 Å². The molecule has 9 rings (SSSR count). The molecule has 0 saturated carbocycles. The molecule has 2 heteroatoms. The fourth-order valence-electron chi connectivity index (χ4n) is 7.52. The van der Waals surface area contributed by atoms with Gasteiger partial charge in [0.05, 0.1) is 11.0 Å². The standard InChI is InChI=1S/C48H36N2/c1-5-15-35(16-6-1)36-25-28-41(29-26-36)49(39-19-9-3-10-20-39)42-30-31-43(45(34-42)37-17-7-2-8-18-37)38-27-32-48-46(33-38)44-23-13-14-24-47(44)50(48)40-21-11-4-12-22-40/h1-25,27-34,36H,26H2. The van der Waals surface area contributed by atoms with Gasteiger partial charge in [0.2, 0.25) is 0 Å². The number of benzene rings is 7. The molecule has 1 unspecified atom stereocenters. The molecule has 50 heavy (non-hydrogen) atoms. The Morgan fingerprint density at radius 3 is 1.88 bits per heavy atom. The van der Waals surface area contributed by atoms with E-state index in [4.69, 9.17) is 0 Å². The van der Waals surface area contributed by atoms with Crippen molar-refractivity contribution in [3.8, 4) is 27.9 Å². The van der Waals surface area contributed by atoms with Crippen molar-refractivity contribution in [1.29, 1.82) is 0 Å². The number of nitrogens with zero attached hydrogens (tertiary/aromatic N) is 2. The minimum Gasteiger partial charge on any atom is -0.311 e. The molecule has 8 aromatic rings. The van der Waals surface area contributed by atoms with Crippen molar-refractivity contribution in [3.63, 3.8) is 0 Å².